The Morgan fingerprint density at radius 1 is 1.07 bits per heavy atom. The fraction of sp³-hybridized carbons (Fsp3) is 0.500. The minimum absolute atomic E-state index is 0. The number of carboxylic acid groups (broad SMARTS) is 1. The van der Waals surface area contributed by atoms with Gasteiger partial charge in [0.1, 0.15) is 0 Å². The number of benzene rings is 1. The summed E-state index contributed by atoms with van der Waals surface area (Å²) in [5.41, 5.74) is 1.82. The van der Waals surface area contributed by atoms with Gasteiger partial charge in [0.25, 0.3) is 0 Å². The van der Waals surface area contributed by atoms with Gasteiger partial charge < -0.3 is 15.3 Å². The molecule has 1 aromatic carbocycles. The van der Waals surface area contributed by atoms with Gasteiger partial charge in [0.2, 0.25) is 0 Å². The van der Waals surface area contributed by atoms with Crippen molar-refractivity contribution in [1.29, 1.82) is 0 Å². The Hall–Kier alpha value is -1.31. The molecule has 0 amide bonds. The summed E-state index contributed by atoms with van der Waals surface area (Å²) in [4.78, 5) is 10.4. The molecule has 3 N–H and O–H groups in total. The number of aliphatic hydroxyl groups excluding tert-OH is 2. The maximum absolute atomic E-state index is 10.4. The van der Waals surface area contributed by atoms with Gasteiger partial charge >= 0.3 is 5.97 Å². The van der Waals surface area contributed by atoms with E-state index in [1.54, 1.807) is 6.08 Å². The van der Waals surface area contributed by atoms with Gasteiger partial charge in [0.15, 0.2) is 0 Å². The first-order valence-electron chi connectivity index (χ1n) is 9.54. The van der Waals surface area contributed by atoms with Crippen molar-refractivity contribution in [1.82, 2.24) is 0 Å². The minimum atomic E-state index is -0.842. The second-order valence-corrected chi connectivity index (χ2v) is 6.60. The molecule has 27 heavy (non-hydrogen) atoms. The van der Waals surface area contributed by atoms with Crippen LogP contribution in [0.25, 0.3) is 6.08 Å². The minimum Gasteiger partial charge on any atom is -0.481 e. The third-order valence-corrected chi connectivity index (χ3v) is 4.22. The summed E-state index contributed by atoms with van der Waals surface area (Å²) in [5, 5.41) is 28.6. The third kappa shape index (κ3) is 12.7. The Morgan fingerprint density at radius 3 is 2.41 bits per heavy atom. The molecule has 0 saturated carbocycles. The van der Waals surface area contributed by atoms with E-state index in [0.29, 0.717) is 19.3 Å². The topological polar surface area (TPSA) is 77.8 Å². The quantitative estimate of drug-likeness (QED) is 0.273. The molecule has 1 rings (SSSR count). The van der Waals surface area contributed by atoms with Crippen LogP contribution in [-0.4, -0.2) is 46.3 Å². The predicted octanol–water partition coefficient (Wildman–Crippen LogP) is 4.49. The standard InChI is InChI=1S/C22H32O4.Li/c1-2-3-4-5-6-7-10-21(24)19-15-12-18(13-16-19)14-17-20(23)9-8-11-22(25)26;/h6-7,12-17,20-21,23-24H,2-5,8-11H2,1H3,(H,25,26);. The van der Waals surface area contributed by atoms with Gasteiger partial charge in [-0.3, -0.25) is 4.79 Å². The molecule has 0 fully saturated rings. The Kier molecular flexibility index (Phi) is 15.0. The summed E-state index contributed by atoms with van der Waals surface area (Å²) < 4.78 is 0. The first kappa shape index (κ1) is 25.7. The van der Waals surface area contributed by atoms with Gasteiger partial charge in [-0.05, 0) is 43.2 Å². The maximum Gasteiger partial charge on any atom is 0.303 e. The molecule has 2 unspecified atom stereocenters. The fourth-order valence-corrected chi connectivity index (χ4v) is 2.60. The van der Waals surface area contributed by atoms with Crippen molar-refractivity contribution in [2.45, 2.75) is 70.5 Å². The summed E-state index contributed by atoms with van der Waals surface area (Å²) in [7, 11) is 0. The van der Waals surface area contributed by atoms with E-state index in [-0.39, 0.29) is 25.3 Å². The molecule has 1 radical (unpaired) electrons. The second-order valence-electron chi connectivity index (χ2n) is 6.60. The van der Waals surface area contributed by atoms with Crippen molar-refractivity contribution in [2.24, 2.45) is 0 Å². The smallest absolute Gasteiger partial charge is 0.303 e. The number of hydrogen-bond donors (Lipinski definition) is 3. The first-order valence-corrected chi connectivity index (χ1v) is 9.54. The normalized spacial score (nSPS) is 13.6. The zero-order valence-electron chi connectivity index (χ0n) is 16.7. The molecule has 0 aromatic heterocycles. The van der Waals surface area contributed by atoms with Crippen molar-refractivity contribution in [3.05, 3.63) is 53.6 Å². The second kappa shape index (κ2) is 15.7. The zero-order valence-corrected chi connectivity index (χ0v) is 16.7. The molecular formula is C22H32LiO4. The largest absolute Gasteiger partial charge is 0.481 e. The van der Waals surface area contributed by atoms with Crippen LogP contribution in [0.15, 0.2) is 42.5 Å². The van der Waals surface area contributed by atoms with Gasteiger partial charge in [0, 0.05) is 25.3 Å². The maximum atomic E-state index is 10.4. The number of allylic oxidation sites excluding steroid dienone is 1. The number of unbranched alkanes of at least 4 members (excludes halogenated alkanes) is 3. The van der Waals surface area contributed by atoms with Crippen molar-refractivity contribution in [2.75, 3.05) is 0 Å². The van der Waals surface area contributed by atoms with Gasteiger partial charge in [-0.2, -0.15) is 0 Å². The fourth-order valence-electron chi connectivity index (χ4n) is 2.60. The molecule has 0 spiro atoms. The zero-order chi connectivity index (χ0) is 19.2. The Bertz CT molecular complexity index is 566. The van der Waals surface area contributed by atoms with Crippen LogP contribution < -0.4 is 0 Å². The summed E-state index contributed by atoms with van der Waals surface area (Å²) in [6.45, 7) is 2.19. The van der Waals surface area contributed by atoms with Gasteiger partial charge in [0.05, 0.1) is 12.2 Å². The molecule has 0 bridgehead atoms. The van der Waals surface area contributed by atoms with Crippen LogP contribution in [0.5, 0.6) is 0 Å². The van der Waals surface area contributed by atoms with E-state index < -0.39 is 18.2 Å². The summed E-state index contributed by atoms with van der Waals surface area (Å²) >= 11 is 0. The number of rotatable bonds is 13. The van der Waals surface area contributed by atoms with Crippen LogP contribution in [0.1, 0.15) is 75.5 Å². The molecule has 1 aromatic rings. The Labute approximate surface area is 175 Å². The summed E-state index contributed by atoms with van der Waals surface area (Å²) in [5.74, 6) is -0.842. The van der Waals surface area contributed by atoms with Gasteiger partial charge in [-0.15, -0.1) is 0 Å². The third-order valence-electron chi connectivity index (χ3n) is 4.22. The van der Waals surface area contributed by atoms with E-state index in [1.165, 1.54) is 19.3 Å². The van der Waals surface area contributed by atoms with Crippen LogP contribution in [0.3, 0.4) is 0 Å². The molecule has 145 valence electrons. The summed E-state index contributed by atoms with van der Waals surface area (Å²) in [6, 6.07) is 7.60. The molecule has 0 aliphatic carbocycles. The van der Waals surface area contributed by atoms with Crippen molar-refractivity contribution < 1.29 is 20.1 Å². The van der Waals surface area contributed by atoms with Gasteiger partial charge in [-0.1, -0.05) is 68.3 Å². The molecule has 0 saturated heterocycles. The molecule has 5 heteroatoms. The number of aliphatic carboxylic acids is 1. The molecule has 2 atom stereocenters. The molecule has 4 nitrogen and oxygen atoms in total. The molecule has 0 aliphatic rings. The molecule has 0 aliphatic heterocycles. The van der Waals surface area contributed by atoms with E-state index in [9.17, 15) is 15.0 Å². The predicted molar refractivity (Wildman–Crippen MR) is 112 cm³/mol. The van der Waals surface area contributed by atoms with E-state index >= 15 is 0 Å². The Morgan fingerprint density at radius 2 is 1.78 bits per heavy atom. The van der Waals surface area contributed by atoms with Crippen LogP contribution >= 0.6 is 0 Å². The van der Waals surface area contributed by atoms with Crippen molar-refractivity contribution in [3.63, 3.8) is 0 Å². The van der Waals surface area contributed by atoms with Gasteiger partial charge in [-0.25, -0.2) is 0 Å². The van der Waals surface area contributed by atoms with E-state index in [0.717, 1.165) is 17.5 Å². The average molecular weight is 367 g/mol. The van der Waals surface area contributed by atoms with E-state index in [4.69, 9.17) is 5.11 Å². The van der Waals surface area contributed by atoms with E-state index in [2.05, 4.69) is 13.0 Å². The number of hydrogen-bond acceptors (Lipinski definition) is 3. The molecular weight excluding hydrogens is 335 g/mol. The van der Waals surface area contributed by atoms with Crippen molar-refractivity contribution >= 4 is 30.9 Å². The average Bonchev–Trinajstić information content (AvgIpc) is 2.63. The van der Waals surface area contributed by atoms with E-state index in [1.807, 2.05) is 36.4 Å². The van der Waals surface area contributed by atoms with Crippen molar-refractivity contribution in [3.8, 4) is 0 Å². The van der Waals surface area contributed by atoms with Crippen LogP contribution in [0.4, 0.5) is 0 Å². The number of carboxylic acids is 1. The summed E-state index contributed by atoms with van der Waals surface area (Å²) in [6.07, 6.45) is 12.8. The van der Waals surface area contributed by atoms with Crippen LogP contribution in [0.2, 0.25) is 0 Å². The van der Waals surface area contributed by atoms with Crippen LogP contribution in [0, 0.1) is 0 Å². The van der Waals surface area contributed by atoms with Crippen LogP contribution in [-0.2, 0) is 4.79 Å². The number of aliphatic hydroxyl groups is 2. The first-order chi connectivity index (χ1) is 12.5. The molecule has 0 heterocycles. The monoisotopic (exact) mass is 367 g/mol. The SMILES string of the molecule is CCCCCC=CCC(O)c1ccc(C=CC(O)CCCC(=O)O)cc1.[Li]. The Balaban J connectivity index is 0.00000676. The number of carbonyl (C=O) groups is 1.